The van der Waals surface area contributed by atoms with E-state index in [0.717, 1.165) is 10.7 Å². The number of thiazole rings is 1. The highest BCUT2D eigenvalue weighted by Gasteiger charge is 2.14. The Morgan fingerprint density at radius 2 is 2.40 bits per heavy atom. The molecule has 6 heteroatoms. The second-order valence-electron chi connectivity index (χ2n) is 3.39. The molecule has 1 atom stereocenters. The van der Waals surface area contributed by atoms with Crippen LogP contribution in [-0.2, 0) is 13.5 Å². The number of nitrogens with zero attached hydrogens (tertiary/aromatic N) is 4. The molecule has 2 rings (SSSR count). The number of rotatable bonds is 3. The molecule has 15 heavy (non-hydrogen) atoms. The number of aryl methyl sites for hydroxylation is 2. The Morgan fingerprint density at radius 3 is 2.93 bits per heavy atom. The van der Waals surface area contributed by atoms with Crippen LogP contribution in [0.4, 0.5) is 0 Å². The smallest absolute Gasteiger partial charge is 0.104 e. The van der Waals surface area contributed by atoms with E-state index in [0.29, 0.717) is 12.1 Å². The van der Waals surface area contributed by atoms with Crippen LogP contribution in [0, 0.1) is 6.92 Å². The average Bonchev–Trinajstić information content (AvgIpc) is 2.75. The van der Waals surface area contributed by atoms with Crippen LogP contribution >= 0.6 is 11.3 Å². The normalized spacial score (nSPS) is 13.0. The Bertz CT molecular complexity index is 450. The summed E-state index contributed by atoms with van der Waals surface area (Å²) >= 11 is 1.56. The van der Waals surface area contributed by atoms with Crippen molar-refractivity contribution in [3.8, 4) is 0 Å². The van der Waals surface area contributed by atoms with Crippen molar-refractivity contribution in [3.05, 3.63) is 28.0 Å². The molecule has 2 aromatic heterocycles. The lowest BCUT2D eigenvalue weighted by Gasteiger charge is -2.07. The predicted octanol–water partition coefficient (Wildman–Crippen LogP) is 0.856. The van der Waals surface area contributed by atoms with Crippen molar-refractivity contribution in [3.63, 3.8) is 0 Å². The molecule has 0 spiro atoms. The van der Waals surface area contributed by atoms with Crippen LogP contribution in [-0.4, -0.2) is 25.1 Å². The van der Waals surface area contributed by atoms with Gasteiger partial charge in [-0.1, -0.05) is 5.21 Å². The third-order valence-electron chi connectivity index (χ3n) is 2.13. The molecule has 2 aromatic rings. The molecule has 0 saturated heterocycles. The lowest BCUT2D eigenvalue weighted by Crippen LogP contribution is -2.07. The van der Waals surface area contributed by atoms with Gasteiger partial charge in [-0.25, -0.2) is 9.67 Å². The highest BCUT2D eigenvalue weighted by atomic mass is 32.1. The van der Waals surface area contributed by atoms with E-state index >= 15 is 0 Å². The summed E-state index contributed by atoms with van der Waals surface area (Å²) in [6.07, 6.45) is 1.50. The lowest BCUT2D eigenvalue weighted by atomic mass is 10.2. The molecule has 1 unspecified atom stereocenters. The van der Waals surface area contributed by atoms with Gasteiger partial charge in [-0.15, -0.1) is 16.4 Å². The molecular weight excluding hydrogens is 212 g/mol. The Kier molecular flexibility index (Phi) is 2.79. The van der Waals surface area contributed by atoms with E-state index in [2.05, 4.69) is 15.3 Å². The third kappa shape index (κ3) is 2.21. The van der Waals surface area contributed by atoms with Gasteiger partial charge in [-0.2, -0.15) is 0 Å². The zero-order valence-electron chi connectivity index (χ0n) is 8.58. The minimum atomic E-state index is -0.587. The molecule has 0 fully saturated rings. The van der Waals surface area contributed by atoms with Gasteiger partial charge >= 0.3 is 0 Å². The van der Waals surface area contributed by atoms with Gasteiger partial charge in [0.25, 0.3) is 0 Å². The van der Waals surface area contributed by atoms with E-state index in [4.69, 9.17) is 0 Å². The van der Waals surface area contributed by atoms with Gasteiger partial charge in [0, 0.05) is 24.5 Å². The number of hydrogen-bond acceptors (Lipinski definition) is 5. The molecule has 5 nitrogen and oxygen atoms in total. The van der Waals surface area contributed by atoms with Gasteiger partial charge in [0.2, 0.25) is 0 Å². The van der Waals surface area contributed by atoms with E-state index in [1.54, 1.807) is 29.3 Å². The van der Waals surface area contributed by atoms with Crippen LogP contribution in [0.1, 0.15) is 22.5 Å². The molecule has 0 radical (unpaired) electrons. The summed E-state index contributed by atoms with van der Waals surface area (Å²) < 4.78 is 1.57. The highest BCUT2D eigenvalue weighted by Crippen LogP contribution is 2.19. The summed E-state index contributed by atoms with van der Waals surface area (Å²) in [6.45, 7) is 1.94. The van der Waals surface area contributed by atoms with E-state index < -0.39 is 6.10 Å². The van der Waals surface area contributed by atoms with Crippen LogP contribution in [0.15, 0.2) is 11.6 Å². The molecule has 0 aliphatic heterocycles. The lowest BCUT2D eigenvalue weighted by molar-refractivity contribution is 0.168. The first-order chi connectivity index (χ1) is 7.16. The van der Waals surface area contributed by atoms with Crippen molar-refractivity contribution in [1.29, 1.82) is 0 Å². The fraction of sp³-hybridized carbons (Fsp3) is 0.444. The predicted molar refractivity (Wildman–Crippen MR) is 56.5 cm³/mol. The first-order valence-corrected chi connectivity index (χ1v) is 5.48. The second-order valence-corrected chi connectivity index (χ2v) is 4.33. The minimum absolute atomic E-state index is 0.514. The Labute approximate surface area is 91.4 Å². The fourth-order valence-electron chi connectivity index (χ4n) is 1.37. The molecule has 2 heterocycles. The number of aromatic nitrogens is 4. The van der Waals surface area contributed by atoms with Gasteiger partial charge < -0.3 is 5.11 Å². The van der Waals surface area contributed by atoms with Crippen molar-refractivity contribution in [2.75, 3.05) is 0 Å². The van der Waals surface area contributed by atoms with Crippen LogP contribution in [0.5, 0.6) is 0 Å². The van der Waals surface area contributed by atoms with E-state index in [1.807, 2.05) is 12.3 Å². The Hall–Kier alpha value is -1.27. The fourth-order valence-corrected chi connectivity index (χ4v) is 2.18. The van der Waals surface area contributed by atoms with E-state index in [9.17, 15) is 5.11 Å². The van der Waals surface area contributed by atoms with Gasteiger partial charge in [0.1, 0.15) is 6.10 Å². The topological polar surface area (TPSA) is 63.8 Å². The van der Waals surface area contributed by atoms with E-state index in [1.165, 1.54) is 0 Å². The van der Waals surface area contributed by atoms with Crippen molar-refractivity contribution in [2.24, 2.45) is 7.05 Å². The molecule has 0 saturated carbocycles. The highest BCUT2D eigenvalue weighted by molar-refractivity contribution is 7.09. The maximum Gasteiger partial charge on any atom is 0.104 e. The first-order valence-electron chi connectivity index (χ1n) is 4.60. The molecule has 80 valence electrons. The summed E-state index contributed by atoms with van der Waals surface area (Å²) in [5, 5.41) is 20.3. The zero-order valence-corrected chi connectivity index (χ0v) is 9.40. The largest absolute Gasteiger partial charge is 0.386 e. The summed E-state index contributed by atoms with van der Waals surface area (Å²) in [7, 11) is 1.76. The molecule has 1 N–H and O–H groups in total. The third-order valence-corrected chi connectivity index (χ3v) is 3.11. The van der Waals surface area contributed by atoms with Crippen molar-refractivity contribution < 1.29 is 5.11 Å². The first kappa shape index (κ1) is 10.3. The maximum absolute atomic E-state index is 9.92. The monoisotopic (exact) mass is 224 g/mol. The van der Waals surface area contributed by atoms with Gasteiger partial charge in [0.15, 0.2) is 0 Å². The van der Waals surface area contributed by atoms with Crippen molar-refractivity contribution >= 4 is 11.3 Å². The van der Waals surface area contributed by atoms with E-state index in [-0.39, 0.29) is 0 Å². The van der Waals surface area contributed by atoms with Gasteiger partial charge in [-0.05, 0) is 6.92 Å². The van der Waals surface area contributed by atoms with Crippen LogP contribution in [0.2, 0.25) is 0 Å². The molecule has 0 aliphatic rings. The molecular formula is C9H12N4OS. The van der Waals surface area contributed by atoms with Gasteiger partial charge in [-0.3, -0.25) is 0 Å². The molecule has 0 amide bonds. The quantitative estimate of drug-likeness (QED) is 0.839. The molecule has 0 bridgehead atoms. The standard InChI is InChI=1S/C9H12N4OS/c1-6-5-15-9(11-6)3-8(14)7-4-10-12-13(7)2/h4-5,8,14H,3H2,1-2H3. The van der Waals surface area contributed by atoms with Crippen molar-refractivity contribution in [1.82, 2.24) is 20.0 Å². The van der Waals surface area contributed by atoms with Crippen LogP contribution < -0.4 is 0 Å². The second kappa shape index (κ2) is 4.08. The van der Waals surface area contributed by atoms with Crippen molar-refractivity contribution in [2.45, 2.75) is 19.4 Å². The van der Waals surface area contributed by atoms with Crippen LogP contribution in [0.25, 0.3) is 0 Å². The summed E-state index contributed by atoms with van der Waals surface area (Å²) in [5.41, 5.74) is 1.70. The SMILES string of the molecule is Cc1csc(CC(O)c2cnnn2C)n1. The summed E-state index contributed by atoms with van der Waals surface area (Å²) in [6, 6.07) is 0. The Morgan fingerprint density at radius 1 is 1.60 bits per heavy atom. The van der Waals surface area contributed by atoms with Crippen LogP contribution in [0.3, 0.4) is 0 Å². The number of aliphatic hydroxyl groups excluding tert-OH is 1. The maximum atomic E-state index is 9.92. The summed E-state index contributed by atoms with van der Waals surface area (Å²) in [5.74, 6) is 0. The zero-order chi connectivity index (χ0) is 10.8. The molecule has 0 aromatic carbocycles. The van der Waals surface area contributed by atoms with Gasteiger partial charge in [0.05, 0.1) is 16.9 Å². The minimum Gasteiger partial charge on any atom is -0.386 e. The number of aliphatic hydroxyl groups is 1. The summed E-state index contributed by atoms with van der Waals surface area (Å²) in [4.78, 5) is 4.30. The average molecular weight is 224 g/mol. The number of hydrogen-bond donors (Lipinski definition) is 1. The molecule has 0 aliphatic carbocycles. The Balaban J connectivity index is 2.10.